The number of phenols is 1. The number of quaternary nitrogens is 1. The lowest BCUT2D eigenvalue weighted by Gasteiger charge is -2.31. The Hall–Kier alpha value is -2.34. The van der Waals surface area contributed by atoms with Gasteiger partial charge in [0.25, 0.3) is 0 Å². The molecule has 0 atom stereocenters. The predicted molar refractivity (Wildman–Crippen MR) is 85.5 cm³/mol. The number of piperazine rings is 1. The van der Waals surface area contributed by atoms with Gasteiger partial charge in [0.2, 0.25) is 5.91 Å². The molecule has 6 heteroatoms. The van der Waals surface area contributed by atoms with Crippen molar-refractivity contribution in [3.8, 4) is 5.75 Å². The summed E-state index contributed by atoms with van der Waals surface area (Å²) in [4.78, 5) is 26.4. The minimum Gasteiger partial charge on any atom is -0.508 e. The summed E-state index contributed by atoms with van der Waals surface area (Å²) < 4.78 is 5.27. The molecule has 1 aromatic heterocycles. The van der Waals surface area contributed by atoms with Gasteiger partial charge >= 0.3 is 5.63 Å². The zero-order valence-corrected chi connectivity index (χ0v) is 13.4. The fraction of sp³-hybridized carbons (Fsp3) is 0.412. The highest BCUT2D eigenvalue weighted by molar-refractivity contribution is 5.84. The van der Waals surface area contributed by atoms with Gasteiger partial charge in [-0.3, -0.25) is 4.79 Å². The molecule has 3 rings (SSSR count). The van der Waals surface area contributed by atoms with Gasteiger partial charge in [-0.05, 0) is 19.1 Å². The van der Waals surface area contributed by atoms with Crippen LogP contribution >= 0.6 is 0 Å². The van der Waals surface area contributed by atoms with E-state index in [0.29, 0.717) is 17.7 Å². The molecule has 1 aromatic carbocycles. The van der Waals surface area contributed by atoms with Crippen molar-refractivity contribution in [3.05, 3.63) is 39.7 Å². The molecule has 0 saturated carbocycles. The number of nitrogens with one attached hydrogen (secondary N) is 1. The van der Waals surface area contributed by atoms with Crippen molar-refractivity contribution < 1.29 is 19.2 Å². The van der Waals surface area contributed by atoms with E-state index in [1.807, 2.05) is 4.90 Å². The summed E-state index contributed by atoms with van der Waals surface area (Å²) in [5, 5.41) is 10.7. The van der Waals surface area contributed by atoms with Crippen LogP contribution < -0.4 is 10.5 Å². The minimum absolute atomic E-state index is 0.112. The zero-order chi connectivity index (χ0) is 16.6. The molecule has 0 aliphatic carbocycles. The Morgan fingerprint density at radius 3 is 2.70 bits per heavy atom. The number of fused-ring (bicyclic) bond motifs is 1. The molecule has 2 aromatic rings. The molecule has 1 amide bonds. The summed E-state index contributed by atoms with van der Waals surface area (Å²) in [7, 11) is 0. The average Bonchev–Trinajstić information content (AvgIpc) is 2.52. The molecule has 0 unspecified atom stereocenters. The van der Waals surface area contributed by atoms with Gasteiger partial charge in [0.05, 0.1) is 26.2 Å². The number of amides is 1. The van der Waals surface area contributed by atoms with Gasteiger partial charge in [0.1, 0.15) is 17.9 Å². The van der Waals surface area contributed by atoms with E-state index in [9.17, 15) is 14.7 Å². The fourth-order valence-electron chi connectivity index (χ4n) is 3.15. The van der Waals surface area contributed by atoms with E-state index in [2.05, 4.69) is 0 Å². The number of hydrogen-bond acceptors (Lipinski definition) is 4. The van der Waals surface area contributed by atoms with Crippen LogP contribution in [0.4, 0.5) is 0 Å². The van der Waals surface area contributed by atoms with Crippen LogP contribution in [0.15, 0.2) is 27.4 Å². The summed E-state index contributed by atoms with van der Waals surface area (Å²) in [6.45, 7) is 7.24. The van der Waals surface area contributed by atoms with Gasteiger partial charge in [-0.25, -0.2) is 4.79 Å². The molecule has 2 N–H and O–H groups in total. The molecule has 1 aliphatic heterocycles. The van der Waals surface area contributed by atoms with Crippen LogP contribution in [0.25, 0.3) is 11.0 Å². The number of aromatic hydroxyl groups is 1. The Kier molecular flexibility index (Phi) is 4.09. The normalized spacial score (nSPS) is 16.0. The molecular weight excluding hydrogens is 296 g/mol. The maximum Gasteiger partial charge on any atom is 0.336 e. The highest BCUT2D eigenvalue weighted by Gasteiger charge is 2.23. The molecule has 1 aliphatic rings. The van der Waals surface area contributed by atoms with Crippen molar-refractivity contribution in [1.82, 2.24) is 4.90 Å². The lowest BCUT2D eigenvalue weighted by Crippen LogP contribution is -3.13. The number of carbonyl (C=O) groups excluding carboxylic acids is 1. The van der Waals surface area contributed by atoms with Crippen LogP contribution in [-0.4, -0.2) is 42.1 Å². The van der Waals surface area contributed by atoms with E-state index in [1.54, 1.807) is 26.0 Å². The van der Waals surface area contributed by atoms with E-state index in [4.69, 9.17) is 4.42 Å². The Bertz CT molecular complexity index is 804. The first-order chi connectivity index (χ1) is 11.0. The zero-order valence-electron chi connectivity index (χ0n) is 13.4. The molecular formula is C17H21N2O4+. The van der Waals surface area contributed by atoms with E-state index in [1.165, 1.54) is 11.0 Å². The molecule has 0 radical (unpaired) electrons. The molecule has 6 nitrogen and oxygen atoms in total. The van der Waals surface area contributed by atoms with Gasteiger partial charge in [-0.1, -0.05) is 0 Å². The highest BCUT2D eigenvalue weighted by Crippen LogP contribution is 2.27. The second-order valence-corrected chi connectivity index (χ2v) is 6.11. The molecule has 0 bridgehead atoms. The van der Waals surface area contributed by atoms with E-state index < -0.39 is 5.63 Å². The Balaban J connectivity index is 1.88. The number of benzene rings is 1. The smallest absolute Gasteiger partial charge is 0.336 e. The van der Waals surface area contributed by atoms with Crippen LogP contribution in [0, 0.1) is 6.92 Å². The van der Waals surface area contributed by atoms with Crippen molar-refractivity contribution >= 4 is 16.9 Å². The summed E-state index contributed by atoms with van der Waals surface area (Å²) >= 11 is 0. The number of phenolic OH excluding ortho intramolecular Hbond substituents is 1. The maximum absolute atomic E-state index is 11.8. The first kappa shape index (κ1) is 15.6. The lowest BCUT2D eigenvalue weighted by molar-refractivity contribution is -0.917. The minimum atomic E-state index is -0.400. The number of rotatable bonds is 2. The SMILES string of the molecule is CC(=O)N1CC[NH+](Cc2cc(=O)oc3c(C)c(O)ccc23)CC1. The Morgan fingerprint density at radius 2 is 2.04 bits per heavy atom. The monoisotopic (exact) mass is 317 g/mol. The van der Waals surface area contributed by atoms with Crippen LogP contribution in [0.5, 0.6) is 5.75 Å². The molecule has 122 valence electrons. The van der Waals surface area contributed by atoms with E-state index in [-0.39, 0.29) is 11.7 Å². The van der Waals surface area contributed by atoms with Crippen LogP contribution in [-0.2, 0) is 11.3 Å². The van der Waals surface area contributed by atoms with Crippen molar-refractivity contribution in [1.29, 1.82) is 0 Å². The molecule has 1 fully saturated rings. The van der Waals surface area contributed by atoms with E-state index >= 15 is 0 Å². The maximum atomic E-state index is 11.8. The summed E-state index contributed by atoms with van der Waals surface area (Å²) in [5.41, 5.74) is 1.56. The molecule has 0 spiro atoms. The van der Waals surface area contributed by atoms with Crippen molar-refractivity contribution in [3.63, 3.8) is 0 Å². The lowest BCUT2D eigenvalue weighted by atomic mass is 10.1. The second kappa shape index (κ2) is 6.04. The topological polar surface area (TPSA) is 75.2 Å². The largest absolute Gasteiger partial charge is 0.508 e. The van der Waals surface area contributed by atoms with Gasteiger partial charge < -0.3 is 19.3 Å². The third-order valence-electron chi connectivity index (χ3n) is 4.57. The van der Waals surface area contributed by atoms with Crippen LogP contribution in [0.2, 0.25) is 0 Å². The summed E-state index contributed by atoms with van der Waals surface area (Å²) in [6.07, 6.45) is 0. The molecule has 23 heavy (non-hydrogen) atoms. The van der Waals surface area contributed by atoms with Gasteiger partial charge in [-0.2, -0.15) is 0 Å². The first-order valence-electron chi connectivity index (χ1n) is 7.80. The number of carbonyl (C=O) groups is 1. The van der Waals surface area contributed by atoms with Crippen LogP contribution in [0.1, 0.15) is 18.1 Å². The fourth-order valence-corrected chi connectivity index (χ4v) is 3.15. The van der Waals surface area contributed by atoms with Crippen molar-refractivity contribution in [2.24, 2.45) is 0 Å². The third kappa shape index (κ3) is 3.07. The number of nitrogens with zero attached hydrogens (tertiary/aromatic N) is 1. The third-order valence-corrected chi connectivity index (χ3v) is 4.57. The van der Waals surface area contributed by atoms with Gasteiger partial charge in [-0.15, -0.1) is 0 Å². The van der Waals surface area contributed by atoms with Crippen molar-refractivity contribution in [2.75, 3.05) is 26.2 Å². The first-order valence-corrected chi connectivity index (χ1v) is 7.80. The Labute approximate surface area is 133 Å². The van der Waals surface area contributed by atoms with Crippen LogP contribution in [0.3, 0.4) is 0 Å². The molecule has 1 saturated heterocycles. The Morgan fingerprint density at radius 1 is 1.35 bits per heavy atom. The van der Waals surface area contributed by atoms with Gasteiger partial charge in [0.15, 0.2) is 0 Å². The average molecular weight is 317 g/mol. The van der Waals surface area contributed by atoms with E-state index in [0.717, 1.165) is 37.1 Å². The summed E-state index contributed by atoms with van der Waals surface area (Å²) in [6, 6.07) is 4.95. The quantitative estimate of drug-likeness (QED) is 0.768. The number of hydrogen-bond donors (Lipinski definition) is 2. The predicted octanol–water partition coefficient (Wildman–Crippen LogP) is 0.0540. The molecule has 2 heterocycles. The number of aryl methyl sites for hydroxylation is 1. The highest BCUT2D eigenvalue weighted by atomic mass is 16.4. The second-order valence-electron chi connectivity index (χ2n) is 6.11. The standard InChI is InChI=1S/C17H20N2O4/c1-11-15(21)4-3-14-13(9-16(22)23-17(11)14)10-18-5-7-19(8-6-18)12(2)20/h3-4,9,21H,5-8,10H2,1-2H3/p+1. The summed E-state index contributed by atoms with van der Waals surface area (Å²) in [5.74, 6) is 0.237. The van der Waals surface area contributed by atoms with Crippen molar-refractivity contribution in [2.45, 2.75) is 20.4 Å². The van der Waals surface area contributed by atoms with Gasteiger partial charge in [0, 0.05) is 29.5 Å².